The lowest BCUT2D eigenvalue weighted by molar-refractivity contribution is -0.129. The van der Waals surface area contributed by atoms with Gasteiger partial charge in [-0.25, -0.2) is 23.7 Å². The minimum absolute atomic E-state index is 0.00843. The highest BCUT2D eigenvalue weighted by molar-refractivity contribution is 6.09. The van der Waals surface area contributed by atoms with Gasteiger partial charge in [0, 0.05) is 48.5 Å². The highest BCUT2D eigenvalue weighted by atomic mass is 19.3. The second-order valence-electron chi connectivity index (χ2n) is 6.56. The smallest absolute Gasteiger partial charge is 0.266 e. The van der Waals surface area contributed by atoms with E-state index in [0.29, 0.717) is 5.56 Å². The van der Waals surface area contributed by atoms with Gasteiger partial charge in [0.15, 0.2) is 11.5 Å². The Morgan fingerprint density at radius 3 is 2.41 bits per heavy atom. The Kier molecular flexibility index (Phi) is 4.50. The Morgan fingerprint density at radius 1 is 1.00 bits per heavy atom. The van der Waals surface area contributed by atoms with E-state index in [1.165, 1.54) is 30.5 Å². The molecule has 1 atom stereocenters. The number of pyridine rings is 1. The molecule has 7 nitrogen and oxygen atoms in total. The largest absolute Gasteiger partial charge is 0.369 e. The van der Waals surface area contributed by atoms with Crippen molar-refractivity contribution in [3.8, 4) is 11.1 Å². The van der Waals surface area contributed by atoms with Gasteiger partial charge < -0.3 is 5.73 Å². The molecule has 0 fully saturated rings. The molecule has 0 bridgehead atoms. The number of halogens is 2. The van der Waals surface area contributed by atoms with Crippen LogP contribution < -0.4 is 5.73 Å². The van der Waals surface area contributed by atoms with Gasteiger partial charge in [0.25, 0.3) is 12.3 Å². The Bertz CT molecular complexity index is 1100. The number of nitrogens with zero attached hydrogens (tertiary/aromatic N) is 5. The quantitative estimate of drug-likeness (QED) is 0.733. The summed E-state index contributed by atoms with van der Waals surface area (Å²) in [6.45, 7) is 0. The lowest BCUT2D eigenvalue weighted by Gasteiger charge is -2.26. The number of aromatic nitrogens is 3. The second kappa shape index (κ2) is 7.01. The first kappa shape index (κ1) is 18.6. The highest BCUT2D eigenvalue weighted by Gasteiger charge is 2.50. The van der Waals surface area contributed by atoms with Crippen LogP contribution in [0.15, 0.2) is 66.4 Å². The number of aliphatic imine (C=N–C) groups is 1. The molecule has 0 saturated carbocycles. The van der Waals surface area contributed by atoms with Gasteiger partial charge in [-0.05, 0) is 23.3 Å². The SMILES string of the molecule is CN1C(=O)C(c2cccc(-c3cncnc3)c2)(c2cncc(C(F)F)c2)N=C1N. The van der Waals surface area contributed by atoms with Crippen LogP contribution in [0.2, 0.25) is 0 Å². The van der Waals surface area contributed by atoms with Crippen LogP contribution in [-0.2, 0) is 10.3 Å². The van der Waals surface area contributed by atoms with E-state index in [9.17, 15) is 13.6 Å². The van der Waals surface area contributed by atoms with Crippen molar-refractivity contribution in [2.24, 2.45) is 10.7 Å². The number of likely N-dealkylation sites (N-methyl/N-ethyl adjacent to an activating group) is 1. The molecule has 0 aliphatic carbocycles. The molecule has 1 aromatic carbocycles. The summed E-state index contributed by atoms with van der Waals surface area (Å²) in [7, 11) is 1.49. The summed E-state index contributed by atoms with van der Waals surface area (Å²) in [4.78, 5) is 30.8. The predicted octanol–water partition coefficient (Wildman–Crippen LogP) is 2.51. The Labute approximate surface area is 165 Å². The van der Waals surface area contributed by atoms with E-state index >= 15 is 0 Å². The summed E-state index contributed by atoms with van der Waals surface area (Å²) >= 11 is 0. The number of benzene rings is 1. The van der Waals surface area contributed by atoms with Crippen LogP contribution in [0.5, 0.6) is 0 Å². The molecule has 2 N–H and O–H groups in total. The molecule has 1 aliphatic rings. The van der Waals surface area contributed by atoms with E-state index in [-0.39, 0.29) is 17.1 Å². The van der Waals surface area contributed by atoms with E-state index in [1.807, 2.05) is 6.07 Å². The van der Waals surface area contributed by atoms with Gasteiger partial charge in [-0.1, -0.05) is 18.2 Å². The third kappa shape index (κ3) is 3.00. The lowest BCUT2D eigenvalue weighted by Crippen LogP contribution is -2.41. The molecule has 9 heteroatoms. The van der Waals surface area contributed by atoms with E-state index in [0.717, 1.165) is 17.3 Å². The summed E-state index contributed by atoms with van der Waals surface area (Å²) in [6, 6.07) is 8.28. The number of nitrogens with two attached hydrogens (primary N) is 1. The van der Waals surface area contributed by atoms with Crippen molar-refractivity contribution in [2.45, 2.75) is 12.0 Å². The van der Waals surface area contributed by atoms with Gasteiger partial charge in [-0.15, -0.1) is 0 Å². The fourth-order valence-corrected chi connectivity index (χ4v) is 3.33. The van der Waals surface area contributed by atoms with Gasteiger partial charge in [0.1, 0.15) is 6.33 Å². The summed E-state index contributed by atoms with van der Waals surface area (Å²) in [5.74, 6) is -0.462. The molecule has 0 saturated heterocycles. The van der Waals surface area contributed by atoms with Gasteiger partial charge in [-0.2, -0.15) is 0 Å². The number of carbonyl (C=O) groups excluding carboxylic acids is 1. The zero-order valence-electron chi connectivity index (χ0n) is 15.3. The van der Waals surface area contributed by atoms with Gasteiger partial charge >= 0.3 is 0 Å². The minimum Gasteiger partial charge on any atom is -0.369 e. The van der Waals surface area contributed by atoms with Crippen molar-refractivity contribution >= 4 is 11.9 Å². The third-order valence-electron chi connectivity index (χ3n) is 4.84. The number of alkyl halides is 2. The zero-order valence-corrected chi connectivity index (χ0v) is 15.3. The topological polar surface area (TPSA) is 97.4 Å². The molecule has 1 amide bonds. The van der Waals surface area contributed by atoms with Crippen molar-refractivity contribution in [1.29, 1.82) is 0 Å². The Morgan fingerprint density at radius 2 is 1.76 bits per heavy atom. The molecule has 4 rings (SSSR count). The number of rotatable bonds is 4. The van der Waals surface area contributed by atoms with E-state index < -0.39 is 17.9 Å². The summed E-state index contributed by atoms with van der Waals surface area (Å²) < 4.78 is 26.6. The average Bonchev–Trinajstić information content (AvgIpc) is 2.99. The van der Waals surface area contributed by atoms with E-state index in [4.69, 9.17) is 5.73 Å². The molecule has 2 aromatic heterocycles. The Balaban J connectivity index is 1.95. The molecule has 1 aliphatic heterocycles. The lowest BCUT2D eigenvalue weighted by atomic mass is 9.82. The fourth-order valence-electron chi connectivity index (χ4n) is 3.33. The maximum atomic E-state index is 13.3. The molecule has 0 spiro atoms. The van der Waals surface area contributed by atoms with Crippen LogP contribution in [0.4, 0.5) is 8.78 Å². The monoisotopic (exact) mass is 394 g/mol. The van der Waals surface area contributed by atoms with Gasteiger partial charge in [0.05, 0.1) is 0 Å². The van der Waals surface area contributed by atoms with Crippen LogP contribution in [0.25, 0.3) is 11.1 Å². The molecule has 0 radical (unpaired) electrons. The number of carbonyl (C=O) groups is 1. The average molecular weight is 394 g/mol. The standard InChI is InChI=1S/C20H16F2N6O/c1-28-18(29)20(27-19(28)23,16-6-13(17(21)22)7-24-10-16)15-4-2-3-12(5-15)14-8-25-11-26-9-14/h2-11,17H,1H3,(H2,23,27). The van der Waals surface area contributed by atoms with Gasteiger partial charge in [0.2, 0.25) is 0 Å². The molecule has 3 heterocycles. The fraction of sp³-hybridized carbons (Fsp3) is 0.150. The molecular weight excluding hydrogens is 378 g/mol. The molecule has 3 aromatic rings. The predicted molar refractivity (Wildman–Crippen MR) is 102 cm³/mol. The van der Waals surface area contributed by atoms with Crippen molar-refractivity contribution in [3.05, 3.63) is 78.1 Å². The molecule has 146 valence electrons. The van der Waals surface area contributed by atoms with Crippen molar-refractivity contribution < 1.29 is 13.6 Å². The van der Waals surface area contributed by atoms with Crippen LogP contribution in [0, 0.1) is 0 Å². The molecule has 29 heavy (non-hydrogen) atoms. The second-order valence-corrected chi connectivity index (χ2v) is 6.56. The zero-order chi connectivity index (χ0) is 20.6. The van der Waals surface area contributed by atoms with Crippen molar-refractivity contribution in [1.82, 2.24) is 19.9 Å². The highest BCUT2D eigenvalue weighted by Crippen LogP contribution is 2.41. The minimum atomic E-state index is -2.73. The third-order valence-corrected chi connectivity index (χ3v) is 4.84. The van der Waals surface area contributed by atoms with Crippen LogP contribution in [0.1, 0.15) is 23.1 Å². The Hall–Kier alpha value is -3.75. The van der Waals surface area contributed by atoms with E-state index in [1.54, 1.807) is 30.6 Å². The first-order valence-corrected chi connectivity index (χ1v) is 8.66. The van der Waals surface area contributed by atoms with Crippen molar-refractivity contribution in [2.75, 3.05) is 7.05 Å². The van der Waals surface area contributed by atoms with Gasteiger partial charge in [-0.3, -0.25) is 14.7 Å². The maximum Gasteiger partial charge on any atom is 0.266 e. The molecular formula is C20H16F2N6O. The first-order chi connectivity index (χ1) is 13.9. The number of amides is 1. The number of hydrogen-bond acceptors (Lipinski definition) is 6. The summed E-state index contributed by atoms with van der Waals surface area (Å²) in [5, 5.41) is 0. The maximum absolute atomic E-state index is 13.3. The van der Waals surface area contributed by atoms with E-state index in [2.05, 4.69) is 19.9 Å². The molecule has 1 unspecified atom stereocenters. The van der Waals surface area contributed by atoms with Crippen LogP contribution in [-0.4, -0.2) is 38.8 Å². The van der Waals surface area contributed by atoms with Crippen LogP contribution in [0.3, 0.4) is 0 Å². The van der Waals surface area contributed by atoms with Crippen molar-refractivity contribution in [3.63, 3.8) is 0 Å². The normalized spacial score (nSPS) is 19.0. The summed E-state index contributed by atoms with van der Waals surface area (Å²) in [6.07, 6.45) is 4.38. The van der Waals surface area contributed by atoms with Crippen LogP contribution >= 0.6 is 0 Å². The number of hydrogen-bond donors (Lipinski definition) is 1. The summed E-state index contributed by atoms with van der Waals surface area (Å²) in [5.41, 5.74) is 6.20. The number of guanidine groups is 1. The first-order valence-electron chi connectivity index (χ1n) is 8.66.